The first kappa shape index (κ1) is 23.9. The van der Waals surface area contributed by atoms with Gasteiger partial charge in [0.25, 0.3) is 0 Å². The molecule has 1 heterocycles. The van der Waals surface area contributed by atoms with Crippen molar-refractivity contribution in [2.45, 2.75) is 32.4 Å². The van der Waals surface area contributed by atoms with Crippen LogP contribution in [-0.2, 0) is 16.0 Å². The smallest absolute Gasteiger partial charge is 0.321 e. The summed E-state index contributed by atoms with van der Waals surface area (Å²) >= 11 is 6.26. The molecule has 2 amide bonds. The Morgan fingerprint density at radius 1 is 1.09 bits per heavy atom. The van der Waals surface area contributed by atoms with Crippen LogP contribution < -0.4 is 10.1 Å². The second kappa shape index (κ2) is 11.2. The van der Waals surface area contributed by atoms with E-state index in [2.05, 4.69) is 24.1 Å². The third-order valence-electron chi connectivity index (χ3n) is 5.59. The van der Waals surface area contributed by atoms with Gasteiger partial charge in [-0.2, -0.15) is 0 Å². The van der Waals surface area contributed by atoms with Crippen molar-refractivity contribution in [3.05, 3.63) is 59.1 Å². The molecule has 1 saturated heterocycles. The zero-order valence-electron chi connectivity index (χ0n) is 18.7. The number of carbonyl (C=O) groups is 2. The van der Waals surface area contributed by atoms with Crippen LogP contribution in [0.4, 0.5) is 10.5 Å². The molecule has 0 aromatic heterocycles. The Bertz CT molecular complexity index is 913. The lowest BCUT2D eigenvalue weighted by Crippen LogP contribution is -2.59. The number of nitrogens with one attached hydrogen (secondary N) is 1. The average molecular weight is 460 g/mol. The fourth-order valence-corrected chi connectivity index (χ4v) is 4.13. The summed E-state index contributed by atoms with van der Waals surface area (Å²) in [7, 11) is 1.36. The van der Waals surface area contributed by atoms with E-state index in [9.17, 15) is 9.59 Å². The summed E-state index contributed by atoms with van der Waals surface area (Å²) in [6.45, 7) is 6.65. The van der Waals surface area contributed by atoms with Gasteiger partial charge in [-0.15, -0.1) is 0 Å². The number of amides is 2. The number of anilines is 1. The molecule has 0 radical (unpaired) electrons. The van der Waals surface area contributed by atoms with E-state index in [1.54, 1.807) is 18.2 Å². The van der Waals surface area contributed by atoms with E-state index < -0.39 is 0 Å². The van der Waals surface area contributed by atoms with Crippen molar-refractivity contribution in [1.82, 2.24) is 9.80 Å². The monoisotopic (exact) mass is 459 g/mol. The van der Waals surface area contributed by atoms with Crippen LogP contribution in [0.25, 0.3) is 0 Å². The Kier molecular flexibility index (Phi) is 8.36. The van der Waals surface area contributed by atoms with E-state index >= 15 is 0 Å². The Labute approximate surface area is 194 Å². The number of benzene rings is 2. The molecule has 2 aromatic rings. The van der Waals surface area contributed by atoms with Crippen molar-refractivity contribution in [3.8, 4) is 5.75 Å². The first-order valence-corrected chi connectivity index (χ1v) is 11.1. The quantitative estimate of drug-likeness (QED) is 0.632. The van der Waals surface area contributed by atoms with Crippen molar-refractivity contribution in [2.75, 3.05) is 38.7 Å². The number of carbonyl (C=O) groups excluding carboxylic acids is 2. The summed E-state index contributed by atoms with van der Waals surface area (Å²) in [5, 5.41) is 3.46. The van der Waals surface area contributed by atoms with Crippen molar-refractivity contribution < 1.29 is 19.1 Å². The van der Waals surface area contributed by atoms with Crippen LogP contribution in [-0.4, -0.2) is 67.2 Å². The number of methoxy groups -OCH3 is 1. The van der Waals surface area contributed by atoms with Gasteiger partial charge in [0.05, 0.1) is 18.6 Å². The average Bonchev–Trinajstić information content (AvgIpc) is 2.78. The van der Waals surface area contributed by atoms with E-state index in [0.29, 0.717) is 37.0 Å². The van der Waals surface area contributed by atoms with Crippen LogP contribution in [0.1, 0.15) is 19.4 Å². The number of nitrogens with zero attached hydrogens (tertiary/aromatic N) is 2. The Morgan fingerprint density at radius 2 is 1.78 bits per heavy atom. The van der Waals surface area contributed by atoms with Gasteiger partial charge in [-0.05, 0) is 43.7 Å². The molecule has 7 nitrogen and oxygen atoms in total. The van der Waals surface area contributed by atoms with Crippen LogP contribution in [0.2, 0.25) is 5.02 Å². The molecule has 2 unspecified atom stereocenters. The largest absolute Gasteiger partial charge is 0.491 e. The van der Waals surface area contributed by atoms with Gasteiger partial charge in [-0.3, -0.25) is 9.69 Å². The van der Waals surface area contributed by atoms with Gasteiger partial charge in [-0.25, -0.2) is 4.79 Å². The molecule has 0 spiro atoms. The minimum atomic E-state index is -0.310. The summed E-state index contributed by atoms with van der Waals surface area (Å²) in [5.74, 6) is 0.240. The molecular formula is C24H30ClN3O4. The molecule has 2 aromatic carbocycles. The molecule has 0 saturated carbocycles. The van der Waals surface area contributed by atoms with Crippen molar-refractivity contribution in [3.63, 3.8) is 0 Å². The third kappa shape index (κ3) is 6.37. The first-order chi connectivity index (χ1) is 15.4. The lowest BCUT2D eigenvalue weighted by atomic mass is 10.1. The summed E-state index contributed by atoms with van der Waals surface area (Å²) in [4.78, 5) is 28.4. The number of para-hydroxylation sites is 1. The number of ether oxygens (including phenoxy) is 2. The minimum absolute atomic E-state index is 0.0833. The highest BCUT2D eigenvalue weighted by atomic mass is 35.5. The van der Waals surface area contributed by atoms with E-state index in [0.717, 1.165) is 11.3 Å². The number of urea groups is 1. The van der Waals surface area contributed by atoms with Gasteiger partial charge < -0.3 is 19.7 Å². The van der Waals surface area contributed by atoms with Crippen LogP contribution in [0, 0.1) is 0 Å². The minimum Gasteiger partial charge on any atom is -0.491 e. The van der Waals surface area contributed by atoms with E-state index in [1.807, 2.05) is 35.2 Å². The highest BCUT2D eigenvalue weighted by Gasteiger charge is 2.31. The van der Waals surface area contributed by atoms with Crippen molar-refractivity contribution in [1.29, 1.82) is 0 Å². The third-order valence-corrected chi connectivity index (χ3v) is 5.90. The molecule has 8 heteroatoms. The number of halogens is 1. The Hall–Kier alpha value is -2.77. The maximum absolute atomic E-state index is 12.7. The molecule has 172 valence electrons. The fourth-order valence-electron chi connectivity index (χ4n) is 3.96. The van der Waals surface area contributed by atoms with E-state index in [4.69, 9.17) is 21.1 Å². The summed E-state index contributed by atoms with van der Waals surface area (Å²) in [6, 6.07) is 15.1. The number of hydrogen-bond donors (Lipinski definition) is 1. The predicted octanol–water partition coefficient (Wildman–Crippen LogP) is 4.06. The number of rotatable bonds is 7. The number of hydrogen-bond acceptors (Lipinski definition) is 5. The number of piperazine rings is 1. The van der Waals surface area contributed by atoms with Gasteiger partial charge in [0, 0.05) is 37.4 Å². The second-order valence-corrected chi connectivity index (χ2v) is 8.41. The van der Waals surface area contributed by atoms with Crippen molar-refractivity contribution in [2.24, 2.45) is 0 Å². The number of esters is 1. The zero-order valence-corrected chi connectivity index (χ0v) is 19.5. The highest BCUT2D eigenvalue weighted by Crippen LogP contribution is 2.26. The topological polar surface area (TPSA) is 71.1 Å². The zero-order chi connectivity index (χ0) is 23.1. The van der Waals surface area contributed by atoms with Gasteiger partial charge in [-0.1, -0.05) is 35.9 Å². The predicted molar refractivity (Wildman–Crippen MR) is 125 cm³/mol. The molecule has 3 rings (SSSR count). The molecule has 0 aliphatic carbocycles. The second-order valence-electron chi connectivity index (χ2n) is 8.00. The Balaban J connectivity index is 1.52. The standard InChI is InChI=1S/C24H30ClN3O4/c1-17-15-27(24(30)26-20-7-5-4-6-8-20)16-18(2)28(17)11-12-32-22-13-19(9-10-21(22)25)14-23(29)31-3/h4-10,13,17-18H,11-12,14-16H2,1-3H3,(H,26,30). The molecule has 1 N–H and O–H groups in total. The lowest BCUT2D eigenvalue weighted by Gasteiger charge is -2.44. The van der Waals surface area contributed by atoms with Crippen molar-refractivity contribution >= 4 is 29.3 Å². The molecule has 0 bridgehead atoms. The Morgan fingerprint density at radius 3 is 2.44 bits per heavy atom. The first-order valence-electron chi connectivity index (χ1n) is 10.7. The summed E-state index contributed by atoms with van der Waals surface area (Å²) in [5.41, 5.74) is 1.58. The molecular weight excluding hydrogens is 430 g/mol. The lowest BCUT2D eigenvalue weighted by molar-refractivity contribution is -0.139. The van der Waals surface area contributed by atoms with E-state index in [-0.39, 0.29) is 30.5 Å². The van der Waals surface area contributed by atoms with Gasteiger partial charge in [0.1, 0.15) is 12.4 Å². The van der Waals surface area contributed by atoms with Gasteiger partial charge in [0.15, 0.2) is 0 Å². The molecule has 1 aliphatic heterocycles. The molecule has 2 atom stereocenters. The maximum atomic E-state index is 12.7. The fraction of sp³-hybridized carbons (Fsp3) is 0.417. The summed E-state index contributed by atoms with van der Waals surface area (Å²) < 4.78 is 10.6. The van der Waals surface area contributed by atoms with E-state index in [1.165, 1.54) is 7.11 Å². The highest BCUT2D eigenvalue weighted by molar-refractivity contribution is 6.32. The van der Waals surface area contributed by atoms with Crippen LogP contribution in [0.5, 0.6) is 5.75 Å². The SMILES string of the molecule is COC(=O)Cc1ccc(Cl)c(OCCN2C(C)CN(C(=O)Nc3ccccc3)CC2C)c1. The summed E-state index contributed by atoms with van der Waals surface area (Å²) in [6.07, 6.45) is 0.172. The van der Waals surface area contributed by atoms with Crippen LogP contribution >= 0.6 is 11.6 Å². The normalized spacial score (nSPS) is 18.8. The van der Waals surface area contributed by atoms with Crippen LogP contribution in [0.3, 0.4) is 0 Å². The molecule has 1 aliphatic rings. The maximum Gasteiger partial charge on any atom is 0.321 e. The van der Waals surface area contributed by atoms with Gasteiger partial charge in [0.2, 0.25) is 0 Å². The van der Waals surface area contributed by atoms with Gasteiger partial charge >= 0.3 is 12.0 Å². The molecule has 1 fully saturated rings. The van der Waals surface area contributed by atoms with Crippen LogP contribution in [0.15, 0.2) is 48.5 Å². The molecule has 32 heavy (non-hydrogen) atoms.